The Bertz CT molecular complexity index is 1360. The molecule has 0 atom stereocenters. The summed E-state index contributed by atoms with van der Waals surface area (Å²) in [6.07, 6.45) is 5.40. The number of aromatic nitrogens is 1. The lowest BCUT2D eigenvalue weighted by Gasteiger charge is -2.49. The van der Waals surface area contributed by atoms with E-state index in [-0.39, 0.29) is 11.4 Å². The number of likely N-dealkylation sites (tertiary alicyclic amines) is 2. The van der Waals surface area contributed by atoms with Gasteiger partial charge in [-0.1, -0.05) is 44.8 Å². The Morgan fingerprint density at radius 1 is 1.13 bits per heavy atom. The van der Waals surface area contributed by atoms with Crippen LogP contribution in [0.2, 0.25) is 5.02 Å². The number of halogens is 2. The standard InChI is InChI=1S/C30H35BrClN4O3/c1-3-39-33-28(21-4-6-23(31)7-5-21)22-10-15-35(16-11-22)30(2)13-18-34(19-14-30)29(37)26-12-17-36(38)27-20-24(32)8-9-25(26)27/h4-9,12,17,20,22,38H,3,10-11,13-16,18-19H2,1-2H3/q+1. The molecule has 0 aliphatic carbocycles. The van der Waals surface area contributed by atoms with Gasteiger partial charge in [-0.25, -0.2) is 0 Å². The van der Waals surface area contributed by atoms with Crippen molar-refractivity contribution in [1.82, 2.24) is 9.80 Å². The average Bonchev–Trinajstić information content (AvgIpc) is 2.95. The number of rotatable bonds is 6. The Morgan fingerprint density at radius 2 is 1.82 bits per heavy atom. The molecule has 0 unspecified atom stereocenters. The second-order valence-corrected chi connectivity index (χ2v) is 12.0. The zero-order chi connectivity index (χ0) is 27.6. The Morgan fingerprint density at radius 3 is 2.49 bits per heavy atom. The van der Waals surface area contributed by atoms with Crippen molar-refractivity contribution >= 4 is 50.1 Å². The molecule has 0 spiro atoms. The third kappa shape index (κ3) is 5.93. The van der Waals surface area contributed by atoms with Crippen LogP contribution in [0.25, 0.3) is 10.9 Å². The normalized spacial score (nSPS) is 18.9. The maximum absolute atomic E-state index is 13.5. The van der Waals surface area contributed by atoms with Gasteiger partial charge in [0.1, 0.15) is 6.61 Å². The zero-order valence-electron chi connectivity index (χ0n) is 22.4. The molecule has 2 aromatic carbocycles. The van der Waals surface area contributed by atoms with Crippen LogP contribution >= 0.6 is 27.5 Å². The van der Waals surface area contributed by atoms with Crippen molar-refractivity contribution in [1.29, 1.82) is 0 Å². The van der Waals surface area contributed by atoms with Crippen molar-refractivity contribution in [3.63, 3.8) is 0 Å². The van der Waals surface area contributed by atoms with Gasteiger partial charge >= 0.3 is 0 Å². The summed E-state index contributed by atoms with van der Waals surface area (Å²) < 4.78 is 2.06. The van der Waals surface area contributed by atoms with Gasteiger partial charge in [-0.2, -0.15) is 0 Å². The first-order valence-electron chi connectivity index (χ1n) is 13.6. The van der Waals surface area contributed by atoms with E-state index in [1.807, 2.05) is 11.8 Å². The molecule has 3 heterocycles. The molecule has 0 bridgehead atoms. The van der Waals surface area contributed by atoms with Crippen molar-refractivity contribution in [3.8, 4) is 0 Å². The molecule has 3 aromatic rings. The van der Waals surface area contributed by atoms with Crippen molar-refractivity contribution in [2.45, 2.75) is 45.1 Å². The number of amides is 1. The molecule has 2 aliphatic heterocycles. The first kappa shape index (κ1) is 27.9. The third-order valence-corrected chi connectivity index (χ3v) is 9.08. The molecule has 2 aliphatic rings. The van der Waals surface area contributed by atoms with Crippen LogP contribution < -0.4 is 4.73 Å². The van der Waals surface area contributed by atoms with Gasteiger partial charge in [0, 0.05) is 50.9 Å². The highest BCUT2D eigenvalue weighted by Crippen LogP contribution is 2.34. The van der Waals surface area contributed by atoms with Crippen LogP contribution in [0.15, 0.2) is 64.4 Å². The molecular formula is C30H35BrClN4O3+. The molecule has 206 valence electrons. The number of nitrogens with zero attached hydrogens (tertiary/aromatic N) is 4. The molecule has 1 aromatic heterocycles. The van der Waals surface area contributed by atoms with Gasteiger partial charge in [-0.05, 0) is 82.4 Å². The number of carbonyl (C=O) groups is 1. The minimum Gasteiger partial charge on any atom is -0.396 e. The van der Waals surface area contributed by atoms with E-state index in [1.165, 1.54) is 6.20 Å². The number of hydrogen-bond acceptors (Lipinski definition) is 5. The van der Waals surface area contributed by atoms with Gasteiger partial charge in [-0.3, -0.25) is 14.9 Å². The summed E-state index contributed by atoms with van der Waals surface area (Å²) in [4.78, 5) is 23.6. The minimum atomic E-state index is -0.00467. The number of piperidine rings is 2. The third-order valence-electron chi connectivity index (χ3n) is 8.31. The molecule has 2 fully saturated rings. The van der Waals surface area contributed by atoms with Crippen LogP contribution in [-0.4, -0.2) is 65.0 Å². The van der Waals surface area contributed by atoms with Crippen molar-refractivity contribution in [3.05, 3.63) is 75.4 Å². The smallest absolute Gasteiger partial charge is 0.266 e. The molecule has 1 amide bonds. The number of hydrogen-bond donors (Lipinski definition) is 1. The lowest BCUT2D eigenvalue weighted by Crippen LogP contribution is -2.56. The van der Waals surface area contributed by atoms with Gasteiger partial charge in [-0.15, -0.1) is 0 Å². The van der Waals surface area contributed by atoms with Crippen LogP contribution in [0.4, 0.5) is 0 Å². The van der Waals surface area contributed by atoms with E-state index in [4.69, 9.17) is 16.4 Å². The van der Waals surface area contributed by atoms with Gasteiger partial charge in [0.15, 0.2) is 0 Å². The first-order valence-corrected chi connectivity index (χ1v) is 14.8. The second kappa shape index (κ2) is 11.8. The summed E-state index contributed by atoms with van der Waals surface area (Å²) in [5, 5.41) is 15.9. The number of carbonyl (C=O) groups excluding carboxylic acids is 1. The minimum absolute atomic E-state index is 0.00467. The van der Waals surface area contributed by atoms with E-state index in [9.17, 15) is 10.0 Å². The fraction of sp³-hybridized carbons (Fsp3) is 0.433. The summed E-state index contributed by atoms with van der Waals surface area (Å²) in [5.74, 6) is 0.350. The van der Waals surface area contributed by atoms with Gasteiger partial charge in [0.25, 0.3) is 11.4 Å². The highest BCUT2D eigenvalue weighted by atomic mass is 79.9. The maximum Gasteiger partial charge on any atom is 0.266 e. The lowest BCUT2D eigenvalue weighted by molar-refractivity contribution is -0.884. The second-order valence-electron chi connectivity index (χ2n) is 10.7. The van der Waals surface area contributed by atoms with E-state index in [0.717, 1.165) is 59.3 Å². The Balaban J connectivity index is 1.23. The quantitative estimate of drug-likeness (QED) is 0.162. The molecule has 39 heavy (non-hydrogen) atoms. The summed E-state index contributed by atoms with van der Waals surface area (Å²) >= 11 is 9.65. The largest absolute Gasteiger partial charge is 0.396 e. The van der Waals surface area contributed by atoms with E-state index >= 15 is 0 Å². The summed E-state index contributed by atoms with van der Waals surface area (Å²) in [6.45, 7) is 8.26. The fourth-order valence-corrected chi connectivity index (χ4v) is 6.34. The molecule has 0 radical (unpaired) electrons. The molecule has 7 nitrogen and oxygen atoms in total. The summed E-state index contributed by atoms with van der Waals surface area (Å²) in [5.41, 5.74) is 3.32. The monoisotopic (exact) mass is 613 g/mol. The average molecular weight is 615 g/mol. The molecule has 1 N–H and O–H groups in total. The lowest BCUT2D eigenvalue weighted by atomic mass is 9.82. The van der Waals surface area contributed by atoms with Crippen LogP contribution in [-0.2, 0) is 4.84 Å². The van der Waals surface area contributed by atoms with E-state index in [1.54, 1.807) is 24.3 Å². The van der Waals surface area contributed by atoms with Crippen LogP contribution in [0.5, 0.6) is 0 Å². The van der Waals surface area contributed by atoms with Crippen molar-refractivity contribution < 1.29 is 19.6 Å². The predicted molar refractivity (Wildman–Crippen MR) is 156 cm³/mol. The van der Waals surface area contributed by atoms with E-state index in [0.29, 0.717) is 47.1 Å². The highest BCUT2D eigenvalue weighted by Gasteiger charge is 2.39. The molecule has 5 rings (SSSR count). The fourth-order valence-electron chi connectivity index (χ4n) is 5.91. The molecule has 2 saturated heterocycles. The summed E-state index contributed by atoms with van der Waals surface area (Å²) in [7, 11) is 0. The molecule has 0 saturated carbocycles. The number of fused-ring (bicyclic) bond motifs is 1. The van der Waals surface area contributed by atoms with Crippen molar-refractivity contribution in [2.24, 2.45) is 11.1 Å². The topological polar surface area (TPSA) is 69.2 Å². The van der Waals surface area contributed by atoms with Crippen LogP contribution in [0, 0.1) is 5.92 Å². The van der Waals surface area contributed by atoms with Crippen molar-refractivity contribution in [2.75, 3.05) is 32.8 Å². The van der Waals surface area contributed by atoms with Gasteiger partial charge in [0.2, 0.25) is 6.20 Å². The number of oxime groups is 1. The van der Waals surface area contributed by atoms with E-state index < -0.39 is 0 Å². The number of pyridine rings is 1. The Labute approximate surface area is 243 Å². The highest BCUT2D eigenvalue weighted by molar-refractivity contribution is 9.10. The summed E-state index contributed by atoms with van der Waals surface area (Å²) in [6, 6.07) is 15.2. The SMILES string of the molecule is CCON=C(c1ccc(Br)cc1)C1CCN(C2(C)CCN(C(=O)c3cc[n+](O)c4cc(Cl)ccc34)CC2)CC1. The first-order chi connectivity index (χ1) is 18.8. The van der Waals surface area contributed by atoms with Gasteiger partial charge < -0.3 is 9.74 Å². The van der Waals surface area contributed by atoms with Gasteiger partial charge in [0.05, 0.1) is 16.7 Å². The van der Waals surface area contributed by atoms with Crippen LogP contribution in [0.3, 0.4) is 0 Å². The Hall–Kier alpha value is -2.68. The maximum atomic E-state index is 13.5. The van der Waals surface area contributed by atoms with Crippen LogP contribution in [0.1, 0.15) is 55.5 Å². The predicted octanol–water partition coefficient (Wildman–Crippen LogP) is 5.93. The molecular weight excluding hydrogens is 580 g/mol. The Kier molecular flexibility index (Phi) is 8.45. The zero-order valence-corrected chi connectivity index (χ0v) is 24.8. The number of benzene rings is 2. The molecule has 9 heteroatoms. The van der Waals surface area contributed by atoms with E-state index in [2.05, 4.69) is 57.2 Å².